The van der Waals surface area contributed by atoms with Crippen LogP contribution in [0.25, 0.3) is 0 Å². The van der Waals surface area contributed by atoms with Crippen LogP contribution in [0.4, 0.5) is 0 Å². The molecule has 0 aromatic heterocycles. The predicted octanol–water partition coefficient (Wildman–Crippen LogP) is 3.53. The monoisotopic (exact) mass is 255 g/mol. The molecule has 0 aliphatic rings. The average Bonchev–Trinajstić information content (AvgIpc) is 2.41. The molecule has 0 aliphatic carbocycles. The fraction of sp³-hybridized carbons (Fsp3) is 0.0625. The van der Waals surface area contributed by atoms with Crippen molar-refractivity contribution in [3.63, 3.8) is 0 Å². The van der Waals surface area contributed by atoms with Crippen molar-refractivity contribution >= 4 is 5.91 Å². The average molecular weight is 255 g/mol. The Kier molecular flexibility index (Phi) is 6.51. The smallest absolute Gasteiger partial charge is 0.221 e. The fourth-order valence-corrected chi connectivity index (χ4v) is 1.26. The van der Waals surface area contributed by atoms with Crippen molar-refractivity contribution < 1.29 is 9.53 Å². The Bertz CT molecular complexity index is 457. The molecule has 0 radical (unpaired) electrons. The van der Waals surface area contributed by atoms with E-state index < -0.39 is 0 Å². The van der Waals surface area contributed by atoms with Crippen LogP contribution in [-0.4, -0.2) is 5.91 Å². The second-order valence-corrected chi connectivity index (χ2v) is 3.69. The van der Waals surface area contributed by atoms with E-state index in [4.69, 9.17) is 10.5 Å². The number of rotatable bonds is 4. The molecule has 2 aromatic rings. The van der Waals surface area contributed by atoms with E-state index in [2.05, 4.69) is 6.58 Å². The van der Waals surface area contributed by atoms with Crippen molar-refractivity contribution in [2.24, 2.45) is 5.73 Å². The molecule has 2 rings (SSSR count). The SMILES string of the molecule is C=CCC(N)=O.c1ccc(Oc2ccccc2)cc1. The first-order chi connectivity index (χ1) is 9.22. The highest BCUT2D eigenvalue weighted by atomic mass is 16.5. The molecule has 2 N–H and O–H groups in total. The van der Waals surface area contributed by atoms with Crippen LogP contribution >= 0.6 is 0 Å². The van der Waals surface area contributed by atoms with Crippen LogP contribution in [-0.2, 0) is 4.79 Å². The molecule has 0 heterocycles. The first-order valence-corrected chi connectivity index (χ1v) is 5.89. The highest BCUT2D eigenvalue weighted by molar-refractivity contribution is 5.75. The van der Waals surface area contributed by atoms with E-state index in [1.54, 1.807) is 0 Å². The quantitative estimate of drug-likeness (QED) is 0.850. The summed E-state index contributed by atoms with van der Waals surface area (Å²) >= 11 is 0. The summed E-state index contributed by atoms with van der Waals surface area (Å²) in [5.41, 5.74) is 4.69. The Labute approximate surface area is 113 Å². The van der Waals surface area contributed by atoms with E-state index in [0.29, 0.717) is 0 Å². The van der Waals surface area contributed by atoms with Gasteiger partial charge in [-0.3, -0.25) is 4.79 Å². The topological polar surface area (TPSA) is 52.3 Å². The van der Waals surface area contributed by atoms with Crippen LogP contribution in [0.2, 0.25) is 0 Å². The minimum absolute atomic E-state index is 0.278. The molecule has 3 nitrogen and oxygen atoms in total. The van der Waals surface area contributed by atoms with Gasteiger partial charge in [-0.1, -0.05) is 42.5 Å². The number of nitrogens with two attached hydrogens (primary N) is 1. The Hall–Kier alpha value is -2.55. The number of ether oxygens (including phenoxy) is 1. The molecule has 3 heteroatoms. The summed E-state index contributed by atoms with van der Waals surface area (Å²) in [7, 11) is 0. The Morgan fingerprint density at radius 1 is 1.00 bits per heavy atom. The molecule has 2 aromatic carbocycles. The van der Waals surface area contributed by atoms with Crippen LogP contribution in [0.3, 0.4) is 0 Å². The Morgan fingerprint density at radius 3 is 1.68 bits per heavy atom. The number of hydrogen-bond donors (Lipinski definition) is 1. The van der Waals surface area contributed by atoms with E-state index >= 15 is 0 Å². The first kappa shape index (κ1) is 14.5. The molecule has 0 saturated heterocycles. The number of benzene rings is 2. The standard InChI is InChI=1S/C12H10O.C4H7NO/c1-3-7-11(8-4-1)13-12-9-5-2-6-10-12;1-2-3-4(5)6/h1-10H;2H,1,3H2,(H2,5,6). The largest absolute Gasteiger partial charge is 0.457 e. The second-order valence-electron chi connectivity index (χ2n) is 3.69. The second kappa shape index (κ2) is 8.53. The highest BCUT2D eigenvalue weighted by Crippen LogP contribution is 2.19. The van der Waals surface area contributed by atoms with E-state index in [9.17, 15) is 4.79 Å². The van der Waals surface area contributed by atoms with Crippen LogP contribution in [0.15, 0.2) is 73.3 Å². The molecule has 98 valence electrons. The number of hydrogen-bond acceptors (Lipinski definition) is 2. The number of primary amides is 1. The summed E-state index contributed by atoms with van der Waals surface area (Å²) in [6.07, 6.45) is 1.75. The number of amides is 1. The lowest BCUT2D eigenvalue weighted by molar-refractivity contribution is -0.117. The fourth-order valence-electron chi connectivity index (χ4n) is 1.26. The molecule has 0 spiro atoms. The van der Waals surface area contributed by atoms with Crippen molar-refractivity contribution in [1.29, 1.82) is 0 Å². The van der Waals surface area contributed by atoms with Gasteiger partial charge in [-0.15, -0.1) is 6.58 Å². The first-order valence-electron chi connectivity index (χ1n) is 5.89. The minimum atomic E-state index is -0.329. The van der Waals surface area contributed by atoms with Crippen LogP contribution < -0.4 is 10.5 Å². The van der Waals surface area contributed by atoms with Crippen LogP contribution in [0.5, 0.6) is 11.5 Å². The van der Waals surface area contributed by atoms with Gasteiger partial charge in [-0.25, -0.2) is 0 Å². The summed E-state index contributed by atoms with van der Waals surface area (Å²) in [6.45, 7) is 3.30. The molecule has 0 fully saturated rings. The molecule has 0 atom stereocenters. The lowest BCUT2D eigenvalue weighted by Crippen LogP contribution is -2.07. The van der Waals surface area contributed by atoms with Gasteiger partial charge in [0.05, 0.1) is 0 Å². The minimum Gasteiger partial charge on any atom is -0.457 e. The van der Waals surface area contributed by atoms with Crippen molar-refractivity contribution in [2.75, 3.05) is 0 Å². The van der Waals surface area contributed by atoms with Crippen molar-refractivity contribution in [3.8, 4) is 11.5 Å². The van der Waals surface area contributed by atoms with Crippen LogP contribution in [0.1, 0.15) is 6.42 Å². The van der Waals surface area contributed by atoms with Crippen LogP contribution in [0, 0.1) is 0 Å². The molecule has 0 unspecified atom stereocenters. The van der Waals surface area contributed by atoms with Gasteiger partial charge in [0.2, 0.25) is 5.91 Å². The van der Waals surface area contributed by atoms with Crippen molar-refractivity contribution in [1.82, 2.24) is 0 Å². The molecule has 1 amide bonds. The number of para-hydroxylation sites is 2. The third kappa shape index (κ3) is 6.68. The maximum absolute atomic E-state index is 9.75. The molecule has 19 heavy (non-hydrogen) atoms. The maximum atomic E-state index is 9.75. The predicted molar refractivity (Wildman–Crippen MR) is 77.0 cm³/mol. The van der Waals surface area contributed by atoms with Gasteiger partial charge >= 0.3 is 0 Å². The lowest BCUT2D eigenvalue weighted by atomic mass is 10.3. The van der Waals surface area contributed by atoms with Gasteiger partial charge in [-0.05, 0) is 24.3 Å². The zero-order chi connectivity index (χ0) is 13.9. The summed E-state index contributed by atoms with van der Waals surface area (Å²) in [5.74, 6) is 1.41. The van der Waals surface area contributed by atoms with Crippen molar-refractivity contribution in [2.45, 2.75) is 6.42 Å². The molecular weight excluding hydrogens is 238 g/mol. The van der Waals surface area contributed by atoms with Gasteiger partial charge in [0.15, 0.2) is 0 Å². The van der Waals surface area contributed by atoms with Gasteiger partial charge < -0.3 is 10.5 Å². The van der Waals surface area contributed by atoms with Gasteiger partial charge in [0.1, 0.15) is 11.5 Å². The third-order valence-corrected chi connectivity index (χ3v) is 2.07. The Morgan fingerprint density at radius 2 is 1.42 bits per heavy atom. The van der Waals surface area contributed by atoms with E-state index in [0.717, 1.165) is 11.5 Å². The summed E-state index contributed by atoms with van der Waals surface area (Å²) in [4.78, 5) is 9.75. The molecular formula is C16H17NO2. The third-order valence-electron chi connectivity index (χ3n) is 2.07. The number of carbonyl (C=O) groups excluding carboxylic acids is 1. The molecule has 0 saturated carbocycles. The van der Waals surface area contributed by atoms with Gasteiger partial charge in [0, 0.05) is 6.42 Å². The summed E-state index contributed by atoms with van der Waals surface area (Å²) < 4.78 is 5.58. The van der Waals surface area contributed by atoms with E-state index in [1.807, 2.05) is 60.7 Å². The number of carbonyl (C=O) groups is 1. The molecule has 0 aliphatic heterocycles. The molecule has 0 bridgehead atoms. The lowest BCUT2D eigenvalue weighted by Gasteiger charge is -2.03. The summed E-state index contributed by atoms with van der Waals surface area (Å²) in [6, 6.07) is 19.5. The maximum Gasteiger partial charge on any atom is 0.221 e. The van der Waals surface area contributed by atoms with E-state index in [1.165, 1.54) is 6.08 Å². The summed E-state index contributed by atoms with van der Waals surface area (Å²) in [5, 5.41) is 0. The van der Waals surface area contributed by atoms with Crippen molar-refractivity contribution in [3.05, 3.63) is 73.3 Å². The zero-order valence-corrected chi connectivity index (χ0v) is 10.7. The normalized spacial score (nSPS) is 8.84. The Balaban J connectivity index is 0.000000258. The van der Waals surface area contributed by atoms with Gasteiger partial charge in [-0.2, -0.15) is 0 Å². The zero-order valence-electron chi connectivity index (χ0n) is 10.7. The van der Waals surface area contributed by atoms with E-state index in [-0.39, 0.29) is 12.3 Å². The highest BCUT2D eigenvalue weighted by Gasteiger charge is 1.92. The van der Waals surface area contributed by atoms with Gasteiger partial charge in [0.25, 0.3) is 0 Å².